The van der Waals surface area contributed by atoms with Crippen molar-refractivity contribution in [3.05, 3.63) is 89.0 Å². The molecule has 1 atom stereocenters. The number of nitrogens with zero attached hydrogens (tertiary/aromatic N) is 3. The van der Waals surface area contributed by atoms with Crippen LogP contribution in [0.15, 0.2) is 60.8 Å². The number of benzene rings is 2. The molecule has 0 amide bonds. The van der Waals surface area contributed by atoms with Crippen LogP contribution in [0.3, 0.4) is 0 Å². The van der Waals surface area contributed by atoms with Crippen LogP contribution in [0.4, 0.5) is 0 Å². The van der Waals surface area contributed by atoms with E-state index in [4.69, 9.17) is 11.0 Å². The molecular formula is C25H30N4. The minimum Gasteiger partial charge on any atom is -0.330 e. The summed E-state index contributed by atoms with van der Waals surface area (Å²) in [5.41, 5.74) is 10.1. The number of aryl methyl sites for hydroxylation is 3. The second kappa shape index (κ2) is 10.6. The number of imidazole rings is 1. The third kappa shape index (κ3) is 5.56. The fraction of sp³-hybridized carbons (Fsp3) is 0.360. The Morgan fingerprint density at radius 1 is 1.10 bits per heavy atom. The first-order valence-corrected chi connectivity index (χ1v) is 10.5. The zero-order valence-corrected chi connectivity index (χ0v) is 17.2. The summed E-state index contributed by atoms with van der Waals surface area (Å²) in [6.07, 6.45) is 8.97. The largest absolute Gasteiger partial charge is 0.330 e. The van der Waals surface area contributed by atoms with E-state index in [1.165, 1.54) is 29.7 Å². The molecule has 1 aromatic heterocycles. The summed E-state index contributed by atoms with van der Waals surface area (Å²) in [6, 6.07) is 21.0. The lowest BCUT2D eigenvalue weighted by atomic mass is 9.95. The van der Waals surface area contributed by atoms with E-state index in [1.807, 2.05) is 24.4 Å². The van der Waals surface area contributed by atoms with Crippen LogP contribution in [0, 0.1) is 18.3 Å². The molecule has 4 nitrogen and oxygen atoms in total. The van der Waals surface area contributed by atoms with Gasteiger partial charge in [-0.1, -0.05) is 42.5 Å². The van der Waals surface area contributed by atoms with Crippen LogP contribution in [0.1, 0.15) is 59.9 Å². The average molecular weight is 387 g/mol. The Hall–Kier alpha value is -2.90. The molecule has 2 heterocycles. The summed E-state index contributed by atoms with van der Waals surface area (Å²) in [5, 5.41) is 8.84. The topological polar surface area (TPSA) is 67.6 Å². The highest BCUT2D eigenvalue weighted by Crippen LogP contribution is 2.31. The van der Waals surface area contributed by atoms with Crippen molar-refractivity contribution in [3.8, 4) is 6.07 Å². The third-order valence-electron chi connectivity index (χ3n) is 5.47. The van der Waals surface area contributed by atoms with E-state index >= 15 is 0 Å². The van der Waals surface area contributed by atoms with Crippen molar-refractivity contribution in [2.45, 2.75) is 51.5 Å². The van der Waals surface area contributed by atoms with Gasteiger partial charge >= 0.3 is 0 Å². The fourth-order valence-electron chi connectivity index (χ4n) is 3.93. The van der Waals surface area contributed by atoms with Crippen molar-refractivity contribution in [3.63, 3.8) is 0 Å². The molecule has 1 aliphatic rings. The van der Waals surface area contributed by atoms with Gasteiger partial charge in [-0.2, -0.15) is 5.26 Å². The highest BCUT2D eigenvalue weighted by Gasteiger charge is 2.22. The number of nitrogens with two attached hydrogens (primary N) is 1. The summed E-state index contributed by atoms with van der Waals surface area (Å²) < 4.78 is 2.34. The van der Waals surface area contributed by atoms with Crippen molar-refractivity contribution < 1.29 is 0 Å². The summed E-state index contributed by atoms with van der Waals surface area (Å²) in [6.45, 7) is 2.87. The lowest BCUT2D eigenvalue weighted by Crippen LogP contribution is -2.19. The quantitative estimate of drug-likeness (QED) is 0.630. The first-order valence-electron chi connectivity index (χ1n) is 10.5. The average Bonchev–Trinajstić information content (AvgIpc) is 3.16. The van der Waals surface area contributed by atoms with Crippen LogP contribution in [-0.2, 0) is 12.8 Å². The number of hydrogen-bond donors (Lipinski definition) is 1. The SMILES string of the molecule is Cc1ncc2n1C(c1ccc(C#N)cc1)CCC2.NCCCCc1ccccc1. The van der Waals surface area contributed by atoms with Gasteiger partial charge in [0.05, 0.1) is 17.7 Å². The van der Waals surface area contributed by atoms with E-state index < -0.39 is 0 Å². The number of hydrogen-bond acceptors (Lipinski definition) is 3. The second-order valence-electron chi connectivity index (χ2n) is 7.54. The van der Waals surface area contributed by atoms with Gasteiger partial charge in [-0.15, -0.1) is 0 Å². The van der Waals surface area contributed by atoms with Crippen LogP contribution in [-0.4, -0.2) is 16.1 Å². The van der Waals surface area contributed by atoms with Crippen LogP contribution in [0.2, 0.25) is 0 Å². The zero-order chi connectivity index (χ0) is 20.5. The predicted octanol–water partition coefficient (Wildman–Crippen LogP) is 4.96. The number of nitriles is 1. The molecule has 2 aromatic carbocycles. The van der Waals surface area contributed by atoms with E-state index in [2.05, 4.69) is 58.9 Å². The standard InChI is InChI=1S/C15H15N3.C10H15N/c1-11-17-10-14-3-2-4-15(18(11)14)13-7-5-12(9-16)6-8-13;11-9-5-4-8-10-6-2-1-3-7-10/h5-8,10,15H,2-4H2,1H3;1-3,6-7H,4-5,8-9,11H2. The van der Waals surface area contributed by atoms with Crippen molar-refractivity contribution in [1.29, 1.82) is 5.26 Å². The molecule has 3 aromatic rings. The molecule has 1 aliphatic heterocycles. The van der Waals surface area contributed by atoms with Gasteiger partial charge in [0.15, 0.2) is 0 Å². The van der Waals surface area contributed by atoms with Gasteiger partial charge in [-0.3, -0.25) is 0 Å². The Balaban J connectivity index is 0.000000188. The maximum atomic E-state index is 8.84. The van der Waals surface area contributed by atoms with E-state index in [1.54, 1.807) is 0 Å². The summed E-state index contributed by atoms with van der Waals surface area (Å²) in [5.74, 6) is 1.08. The second-order valence-corrected chi connectivity index (χ2v) is 7.54. The molecule has 0 aliphatic carbocycles. The Kier molecular flexibility index (Phi) is 7.61. The number of unbranched alkanes of at least 4 members (excludes halogenated alkanes) is 1. The van der Waals surface area contributed by atoms with Crippen molar-refractivity contribution in [1.82, 2.24) is 9.55 Å². The van der Waals surface area contributed by atoms with Crippen molar-refractivity contribution >= 4 is 0 Å². The molecule has 0 fully saturated rings. The van der Waals surface area contributed by atoms with Gasteiger partial charge in [-0.25, -0.2) is 4.98 Å². The minimum absolute atomic E-state index is 0.379. The first kappa shape index (κ1) is 20.8. The molecule has 1 unspecified atom stereocenters. The zero-order valence-electron chi connectivity index (χ0n) is 17.2. The van der Waals surface area contributed by atoms with Crippen molar-refractivity contribution in [2.75, 3.05) is 6.54 Å². The maximum Gasteiger partial charge on any atom is 0.106 e. The Labute approximate surface area is 174 Å². The molecule has 0 bridgehead atoms. The summed E-state index contributed by atoms with van der Waals surface area (Å²) in [4.78, 5) is 4.42. The number of rotatable bonds is 5. The third-order valence-corrected chi connectivity index (χ3v) is 5.47. The van der Waals surface area contributed by atoms with Crippen LogP contribution < -0.4 is 5.73 Å². The highest BCUT2D eigenvalue weighted by atomic mass is 15.1. The number of fused-ring (bicyclic) bond motifs is 1. The normalized spacial score (nSPS) is 15.0. The lowest BCUT2D eigenvalue weighted by molar-refractivity contribution is 0.449. The lowest BCUT2D eigenvalue weighted by Gasteiger charge is -2.27. The molecular weight excluding hydrogens is 356 g/mol. The molecule has 0 saturated carbocycles. The Morgan fingerprint density at radius 2 is 1.86 bits per heavy atom. The molecule has 0 radical (unpaired) electrons. The molecule has 2 N–H and O–H groups in total. The van der Waals surface area contributed by atoms with Crippen molar-refractivity contribution in [2.24, 2.45) is 5.73 Å². The van der Waals surface area contributed by atoms with Gasteiger partial charge in [0.1, 0.15) is 5.82 Å². The minimum atomic E-state index is 0.379. The van der Waals surface area contributed by atoms with Crippen LogP contribution in [0.25, 0.3) is 0 Å². The predicted molar refractivity (Wildman–Crippen MR) is 118 cm³/mol. The Bertz CT molecular complexity index is 920. The highest BCUT2D eigenvalue weighted by molar-refractivity contribution is 5.34. The molecule has 4 heteroatoms. The monoisotopic (exact) mass is 386 g/mol. The van der Waals surface area contributed by atoms with Gasteiger partial charge in [0, 0.05) is 11.9 Å². The fourth-order valence-corrected chi connectivity index (χ4v) is 3.93. The van der Waals surface area contributed by atoms with Gasteiger partial charge in [0.2, 0.25) is 0 Å². The molecule has 4 rings (SSSR count). The van der Waals surface area contributed by atoms with E-state index in [9.17, 15) is 0 Å². The molecule has 0 saturated heterocycles. The maximum absolute atomic E-state index is 8.84. The van der Waals surface area contributed by atoms with E-state index in [0.717, 1.165) is 43.6 Å². The van der Waals surface area contributed by atoms with Crippen LogP contribution >= 0.6 is 0 Å². The molecule has 29 heavy (non-hydrogen) atoms. The summed E-state index contributed by atoms with van der Waals surface area (Å²) >= 11 is 0. The van der Waals surface area contributed by atoms with Crippen LogP contribution in [0.5, 0.6) is 0 Å². The Morgan fingerprint density at radius 3 is 2.55 bits per heavy atom. The van der Waals surface area contributed by atoms with Gasteiger partial charge < -0.3 is 10.3 Å². The summed E-state index contributed by atoms with van der Waals surface area (Å²) in [7, 11) is 0. The van der Waals surface area contributed by atoms with Gasteiger partial charge in [-0.05, 0) is 75.3 Å². The van der Waals surface area contributed by atoms with E-state index in [-0.39, 0.29) is 0 Å². The first-order chi connectivity index (χ1) is 14.2. The molecule has 150 valence electrons. The van der Waals surface area contributed by atoms with E-state index in [0.29, 0.717) is 6.04 Å². The van der Waals surface area contributed by atoms with Gasteiger partial charge in [0.25, 0.3) is 0 Å². The number of aromatic nitrogens is 2. The molecule has 0 spiro atoms. The smallest absolute Gasteiger partial charge is 0.106 e.